The third-order valence-electron chi connectivity index (χ3n) is 2.47. The fourth-order valence-corrected chi connectivity index (χ4v) is 2.56. The molecule has 0 aliphatic rings. The first-order valence-electron chi connectivity index (χ1n) is 5.53. The predicted molar refractivity (Wildman–Crippen MR) is 70.9 cm³/mol. The quantitative estimate of drug-likeness (QED) is 0.790. The van der Waals surface area contributed by atoms with E-state index in [0.29, 0.717) is 0 Å². The van der Waals surface area contributed by atoms with Gasteiger partial charge in [0.1, 0.15) is 0 Å². The van der Waals surface area contributed by atoms with Crippen LogP contribution >= 0.6 is 11.8 Å². The standard InChI is InChI=1S/C13H19NO2S/c1-9-4-6-10(7-5-9)17-11(8-12(14)15)13(2,3)16/h4-7,11,16H,8H2,1-3H3,(H2,14,15). The molecular weight excluding hydrogens is 234 g/mol. The molecule has 0 saturated heterocycles. The van der Waals surface area contributed by atoms with Gasteiger partial charge < -0.3 is 10.8 Å². The molecule has 4 heteroatoms. The van der Waals surface area contributed by atoms with Crippen LogP contribution in [0.5, 0.6) is 0 Å². The molecule has 0 heterocycles. The minimum absolute atomic E-state index is 0.169. The van der Waals surface area contributed by atoms with Crippen LogP contribution in [0.1, 0.15) is 25.8 Å². The van der Waals surface area contributed by atoms with Crippen molar-refractivity contribution in [3.63, 3.8) is 0 Å². The number of rotatable bonds is 5. The van der Waals surface area contributed by atoms with Crippen molar-refractivity contribution in [2.45, 2.75) is 42.9 Å². The summed E-state index contributed by atoms with van der Waals surface area (Å²) in [5.41, 5.74) is 5.45. The Morgan fingerprint density at radius 1 is 1.41 bits per heavy atom. The van der Waals surface area contributed by atoms with Crippen molar-refractivity contribution in [3.8, 4) is 0 Å². The van der Waals surface area contributed by atoms with Crippen LogP contribution in [0.3, 0.4) is 0 Å². The van der Waals surface area contributed by atoms with E-state index in [1.807, 2.05) is 31.2 Å². The van der Waals surface area contributed by atoms with Crippen LogP contribution in [0.25, 0.3) is 0 Å². The van der Waals surface area contributed by atoms with E-state index in [1.54, 1.807) is 13.8 Å². The zero-order valence-corrected chi connectivity index (χ0v) is 11.3. The first-order chi connectivity index (χ1) is 7.79. The van der Waals surface area contributed by atoms with Crippen molar-refractivity contribution in [2.75, 3.05) is 0 Å². The summed E-state index contributed by atoms with van der Waals surface area (Å²) in [5.74, 6) is -0.392. The second kappa shape index (κ2) is 5.56. The van der Waals surface area contributed by atoms with Crippen LogP contribution in [0.15, 0.2) is 29.2 Å². The first kappa shape index (κ1) is 14.1. The van der Waals surface area contributed by atoms with Gasteiger partial charge in [0, 0.05) is 16.6 Å². The second-order valence-corrected chi connectivity index (χ2v) is 6.02. The van der Waals surface area contributed by atoms with E-state index >= 15 is 0 Å². The van der Waals surface area contributed by atoms with E-state index in [0.717, 1.165) is 4.90 Å². The van der Waals surface area contributed by atoms with Crippen molar-refractivity contribution < 1.29 is 9.90 Å². The van der Waals surface area contributed by atoms with Crippen LogP contribution in [-0.4, -0.2) is 21.9 Å². The summed E-state index contributed by atoms with van der Waals surface area (Å²) in [6.07, 6.45) is 0.169. The van der Waals surface area contributed by atoms with Crippen LogP contribution in [0.2, 0.25) is 0 Å². The number of carbonyl (C=O) groups excluding carboxylic acids is 1. The van der Waals surface area contributed by atoms with Gasteiger partial charge in [0.05, 0.1) is 5.60 Å². The monoisotopic (exact) mass is 253 g/mol. The Kier molecular flexibility index (Phi) is 4.60. The van der Waals surface area contributed by atoms with Gasteiger partial charge in [-0.3, -0.25) is 4.79 Å². The molecule has 3 N–H and O–H groups in total. The van der Waals surface area contributed by atoms with Crippen LogP contribution in [0, 0.1) is 6.92 Å². The third kappa shape index (κ3) is 4.79. The zero-order chi connectivity index (χ0) is 13.1. The largest absolute Gasteiger partial charge is 0.389 e. The third-order valence-corrected chi connectivity index (χ3v) is 4.05. The van der Waals surface area contributed by atoms with Crippen molar-refractivity contribution in [1.29, 1.82) is 0 Å². The highest BCUT2D eigenvalue weighted by molar-refractivity contribution is 8.00. The number of aliphatic hydroxyl groups is 1. The fraction of sp³-hybridized carbons (Fsp3) is 0.462. The van der Waals surface area contributed by atoms with E-state index in [4.69, 9.17) is 5.73 Å². The molecule has 17 heavy (non-hydrogen) atoms. The minimum atomic E-state index is -0.940. The molecule has 1 unspecified atom stereocenters. The van der Waals surface area contributed by atoms with Crippen LogP contribution in [0.4, 0.5) is 0 Å². The molecule has 0 fully saturated rings. The topological polar surface area (TPSA) is 63.3 Å². The van der Waals surface area contributed by atoms with E-state index in [9.17, 15) is 9.90 Å². The van der Waals surface area contributed by atoms with Crippen molar-refractivity contribution >= 4 is 17.7 Å². The second-order valence-electron chi connectivity index (χ2n) is 4.74. The number of primary amides is 1. The molecule has 0 aliphatic carbocycles. The van der Waals surface area contributed by atoms with Gasteiger partial charge in [0.15, 0.2) is 0 Å². The number of aryl methyl sites for hydroxylation is 1. The molecule has 94 valence electrons. The zero-order valence-electron chi connectivity index (χ0n) is 10.4. The van der Waals surface area contributed by atoms with Gasteiger partial charge >= 0.3 is 0 Å². The average Bonchev–Trinajstić information content (AvgIpc) is 2.18. The molecule has 1 atom stereocenters. The van der Waals surface area contributed by atoms with E-state index in [1.165, 1.54) is 17.3 Å². The molecule has 0 aliphatic heterocycles. The van der Waals surface area contributed by atoms with Gasteiger partial charge in [0.2, 0.25) is 5.91 Å². The predicted octanol–water partition coefficient (Wildman–Crippen LogP) is 2.10. The number of hydrogen-bond donors (Lipinski definition) is 2. The number of benzene rings is 1. The number of amides is 1. The van der Waals surface area contributed by atoms with E-state index in [-0.39, 0.29) is 11.7 Å². The molecule has 0 saturated carbocycles. The van der Waals surface area contributed by atoms with Crippen molar-refractivity contribution in [2.24, 2.45) is 5.73 Å². The summed E-state index contributed by atoms with van der Waals surface area (Å²) in [4.78, 5) is 12.0. The SMILES string of the molecule is Cc1ccc(SC(CC(N)=O)C(C)(C)O)cc1. The number of thioether (sulfide) groups is 1. The smallest absolute Gasteiger partial charge is 0.218 e. The Bertz CT molecular complexity index is 381. The maximum Gasteiger partial charge on any atom is 0.218 e. The summed E-state index contributed by atoms with van der Waals surface area (Å²) < 4.78 is 0. The molecule has 0 radical (unpaired) electrons. The number of carbonyl (C=O) groups is 1. The molecule has 1 aromatic carbocycles. The molecule has 0 spiro atoms. The number of nitrogens with two attached hydrogens (primary N) is 1. The van der Waals surface area contributed by atoms with Crippen molar-refractivity contribution in [1.82, 2.24) is 0 Å². The summed E-state index contributed by atoms with van der Waals surface area (Å²) in [5, 5.41) is 9.78. The Morgan fingerprint density at radius 2 is 1.94 bits per heavy atom. The molecule has 1 aromatic rings. The van der Waals surface area contributed by atoms with Gasteiger partial charge in [-0.1, -0.05) is 17.7 Å². The Morgan fingerprint density at radius 3 is 2.35 bits per heavy atom. The molecule has 1 amide bonds. The highest BCUT2D eigenvalue weighted by atomic mass is 32.2. The molecule has 0 bridgehead atoms. The van der Waals surface area contributed by atoms with Gasteiger partial charge in [-0.15, -0.1) is 11.8 Å². The summed E-state index contributed by atoms with van der Waals surface area (Å²) in [7, 11) is 0. The van der Waals surface area contributed by atoms with Gasteiger partial charge in [-0.05, 0) is 32.9 Å². The van der Waals surface area contributed by atoms with E-state index < -0.39 is 11.5 Å². The van der Waals surface area contributed by atoms with Gasteiger partial charge in [0.25, 0.3) is 0 Å². The lowest BCUT2D eigenvalue weighted by atomic mass is 10.0. The minimum Gasteiger partial charge on any atom is -0.389 e. The lowest BCUT2D eigenvalue weighted by molar-refractivity contribution is -0.118. The van der Waals surface area contributed by atoms with E-state index in [2.05, 4.69) is 0 Å². The lowest BCUT2D eigenvalue weighted by Gasteiger charge is -2.27. The fourth-order valence-electron chi connectivity index (χ4n) is 1.40. The summed E-state index contributed by atoms with van der Waals surface area (Å²) >= 11 is 1.48. The first-order valence-corrected chi connectivity index (χ1v) is 6.41. The lowest BCUT2D eigenvalue weighted by Crippen LogP contribution is -2.36. The molecule has 3 nitrogen and oxygen atoms in total. The maximum atomic E-state index is 11.0. The number of hydrogen-bond acceptors (Lipinski definition) is 3. The maximum absolute atomic E-state index is 11.0. The van der Waals surface area contributed by atoms with Crippen molar-refractivity contribution in [3.05, 3.63) is 29.8 Å². The summed E-state index contributed by atoms with van der Waals surface area (Å²) in [6, 6.07) is 7.99. The highest BCUT2D eigenvalue weighted by Gasteiger charge is 2.29. The van der Waals surface area contributed by atoms with Crippen LogP contribution in [-0.2, 0) is 4.79 Å². The Balaban J connectivity index is 2.79. The molecule has 0 aromatic heterocycles. The Labute approximate surface area is 106 Å². The highest BCUT2D eigenvalue weighted by Crippen LogP contribution is 2.32. The van der Waals surface area contributed by atoms with Gasteiger partial charge in [-0.25, -0.2) is 0 Å². The Hall–Kier alpha value is -1.00. The van der Waals surface area contributed by atoms with Crippen LogP contribution < -0.4 is 5.73 Å². The average molecular weight is 253 g/mol. The normalized spacial score (nSPS) is 13.4. The molecular formula is C13H19NO2S. The van der Waals surface area contributed by atoms with Gasteiger partial charge in [-0.2, -0.15) is 0 Å². The molecule has 1 rings (SSSR count). The summed E-state index contributed by atoms with van der Waals surface area (Å²) in [6.45, 7) is 5.41.